The zero-order chi connectivity index (χ0) is 16.0. The second-order valence-electron chi connectivity index (χ2n) is 4.75. The molecule has 1 atom stereocenters. The molecule has 1 N–H and O–H groups in total. The monoisotopic (exact) mass is 309 g/mol. The van der Waals surface area contributed by atoms with Gasteiger partial charge in [-0.2, -0.15) is 4.31 Å². The maximum absolute atomic E-state index is 12.4. The molecule has 0 heterocycles. The zero-order valence-corrected chi connectivity index (χ0v) is 12.9. The van der Waals surface area contributed by atoms with Gasteiger partial charge in [0, 0.05) is 0 Å². The van der Waals surface area contributed by atoms with E-state index in [1.165, 1.54) is 12.1 Å². The molecule has 1 unspecified atom stereocenters. The summed E-state index contributed by atoms with van der Waals surface area (Å²) in [6, 6.07) is 6.47. The van der Waals surface area contributed by atoms with E-state index >= 15 is 0 Å². The number of carboxylic acid groups (broad SMARTS) is 1. The van der Waals surface area contributed by atoms with E-state index in [0.717, 1.165) is 16.3 Å². The molecule has 21 heavy (non-hydrogen) atoms. The van der Waals surface area contributed by atoms with E-state index in [1.807, 2.05) is 0 Å². The number of carbonyl (C=O) groups is 1. The first-order valence-electron chi connectivity index (χ1n) is 6.58. The molecule has 6 heteroatoms. The van der Waals surface area contributed by atoms with Crippen LogP contribution in [0, 0.1) is 12.3 Å². The van der Waals surface area contributed by atoms with E-state index in [0.29, 0.717) is 5.92 Å². The van der Waals surface area contributed by atoms with Gasteiger partial charge in [0.15, 0.2) is 0 Å². The summed E-state index contributed by atoms with van der Waals surface area (Å²) in [6.45, 7) is 3.18. The fourth-order valence-electron chi connectivity index (χ4n) is 1.83. The molecule has 0 aromatic heterocycles. The number of aliphatic carboxylic acids is 1. The molecule has 0 aliphatic carbocycles. The van der Waals surface area contributed by atoms with E-state index in [9.17, 15) is 13.2 Å². The minimum Gasteiger partial charge on any atom is -0.480 e. The predicted molar refractivity (Wildman–Crippen MR) is 80.4 cm³/mol. The molecular formula is C15H19NO4S. The van der Waals surface area contributed by atoms with Crippen molar-refractivity contribution in [2.45, 2.75) is 31.1 Å². The van der Waals surface area contributed by atoms with Gasteiger partial charge in [-0.05, 0) is 30.0 Å². The Balaban J connectivity index is 3.10. The van der Waals surface area contributed by atoms with Crippen LogP contribution in [0.15, 0.2) is 29.2 Å². The molecule has 114 valence electrons. The van der Waals surface area contributed by atoms with Crippen LogP contribution in [0.25, 0.3) is 0 Å². The second kappa shape index (κ2) is 7.25. The Kier molecular flexibility index (Phi) is 5.94. The summed E-state index contributed by atoms with van der Waals surface area (Å²) >= 11 is 0. The number of carboxylic acids is 1. The molecule has 5 nitrogen and oxygen atoms in total. The minimum atomic E-state index is -3.90. The van der Waals surface area contributed by atoms with Gasteiger partial charge >= 0.3 is 5.97 Å². The van der Waals surface area contributed by atoms with Crippen molar-refractivity contribution in [3.05, 3.63) is 29.8 Å². The quantitative estimate of drug-likeness (QED) is 0.781. The third-order valence-electron chi connectivity index (χ3n) is 3.28. The Morgan fingerprint density at radius 2 is 1.95 bits per heavy atom. The van der Waals surface area contributed by atoms with Crippen molar-refractivity contribution in [1.29, 1.82) is 0 Å². The van der Waals surface area contributed by atoms with E-state index in [-0.39, 0.29) is 11.4 Å². The van der Waals surface area contributed by atoms with Gasteiger partial charge < -0.3 is 5.11 Å². The number of hydrogen-bond donors (Lipinski definition) is 1. The molecule has 0 radical (unpaired) electrons. The first-order valence-corrected chi connectivity index (χ1v) is 8.02. The van der Waals surface area contributed by atoms with E-state index in [1.54, 1.807) is 12.1 Å². The van der Waals surface area contributed by atoms with Crippen LogP contribution in [0.3, 0.4) is 0 Å². The van der Waals surface area contributed by atoms with E-state index < -0.39 is 22.5 Å². The molecule has 0 spiro atoms. The van der Waals surface area contributed by atoms with Crippen LogP contribution in [0.5, 0.6) is 0 Å². The fourth-order valence-corrected chi connectivity index (χ4v) is 3.13. The number of benzene rings is 1. The molecule has 0 aliphatic rings. The smallest absolute Gasteiger partial charge is 0.318 e. The second-order valence-corrected chi connectivity index (χ2v) is 6.69. The molecule has 0 saturated carbocycles. The molecule has 0 fully saturated rings. The lowest BCUT2D eigenvalue weighted by Crippen LogP contribution is -2.36. The average Bonchev–Trinajstić information content (AvgIpc) is 2.45. The standard InChI is InChI=1S/C15H19NO4S/c1-4-10-16(11-15(17)18)21(19,20)14-8-6-13(7-9-14)12(3)5-2/h1,6-9,12H,5,10-11H2,2-3H3,(H,17,18). The van der Waals surface area contributed by atoms with Gasteiger partial charge in [-0.3, -0.25) is 4.79 Å². The molecular weight excluding hydrogens is 290 g/mol. The Labute approximate surface area is 125 Å². The number of rotatable bonds is 7. The summed E-state index contributed by atoms with van der Waals surface area (Å²) in [6.07, 6.45) is 6.07. The third-order valence-corrected chi connectivity index (χ3v) is 5.08. The van der Waals surface area contributed by atoms with Crippen molar-refractivity contribution in [3.8, 4) is 12.3 Å². The van der Waals surface area contributed by atoms with Crippen LogP contribution in [-0.4, -0.2) is 36.9 Å². The van der Waals surface area contributed by atoms with Crippen LogP contribution in [-0.2, 0) is 14.8 Å². The predicted octanol–water partition coefficient (Wildman–Crippen LogP) is 1.91. The summed E-state index contributed by atoms with van der Waals surface area (Å²) < 4.78 is 25.5. The van der Waals surface area contributed by atoms with Crippen LogP contribution in [0.4, 0.5) is 0 Å². The molecule has 1 rings (SSSR count). The highest BCUT2D eigenvalue weighted by Crippen LogP contribution is 2.22. The van der Waals surface area contributed by atoms with Crippen molar-refractivity contribution >= 4 is 16.0 Å². The zero-order valence-electron chi connectivity index (χ0n) is 12.1. The molecule has 0 aliphatic heterocycles. The van der Waals surface area contributed by atoms with Gasteiger partial charge in [-0.1, -0.05) is 31.9 Å². The van der Waals surface area contributed by atoms with Gasteiger partial charge in [0.1, 0.15) is 6.54 Å². The average molecular weight is 309 g/mol. The van der Waals surface area contributed by atoms with Crippen molar-refractivity contribution in [2.75, 3.05) is 13.1 Å². The van der Waals surface area contributed by atoms with E-state index in [2.05, 4.69) is 19.8 Å². The van der Waals surface area contributed by atoms with Crippen LogP contribution < -0.4 is 0 Å². The Hall–Kier alpha value is -1.84. The van der Waals surface area contributed by atoms with Gasteiger partial charge in [0.05, 0.1) is 11.4 Å². The number of terminal acetylenes is 1. The SMILES string of the molecule is C#CCN(CC(=O)O)S(=O)(=O)c1ccc(C(C)CC)cc1. The molecule has 0 bridgehead atoms. The normalized spacial score (nSPS) is 12.9. The maximum Gasteiger partial charge on any atom is 0.318 e. The van der Waals surface area contributed by atoms with Crippen molar-refractivity contribution in [3.63, 3.8) is 0 Å². The first-order chi connectivity index (χ1) is 9.82. The summed E-state index contributed by atoms with van der Waals surface area (Å²) in [5.41, 5.74) is 1.04. The fraction of sp³-hybridized carbons (Fsp3) is 0.400. The molecule has 1 aromatic rings. The lowest BCUT2D eigenvalue weighted by molar-refractivity contribution is -0.137. The van der Waals surface area contributed by atoms with Crippen molar-refractivity contribution in [1.82, 2.24) is 4.31 Å². The van der Waals surface area contributed by atoms with Crippen LogP contribution in [0.2, 0.25) is 0 Å². The summed E-state index contributed by atoms with van der Waals surface area (Å²) in [4.78, 5) is 10.8. The summed E-state index contributed by atoms with van der Waals surface area (Å²) in [7, 11) is -3.90. The lowest BCUT2D eigenvalue weighted by Gasteiger charge is -2.18. The number of sulfonamides is 1. The first kappa shape index (κ1) is 17.2. The van der Waals surface area contributed by atoms with Gasteiger partial charge in [-0.25, -0.2) is 8.42 Å². The van der Waals surface area contributed by atoms with Crippen LogP contribution in [0.1, 0.15) is 31.7 Å². The largest absolute Gasteiger partial charge is 0.480 e. The maximum atomic E-state index is 12.4. The molecule has 0 saturated heterocycles. The molecule has 0 amide bonds. The Morgan fingerprint density at radius 3 is 2.38 bits per heavy atom. The number of nitrogens with zero attached hydrogens (tertiary/aromatic N) is 1. The highest BCUT2D eigenvalue weighted by molar-refractivity contribution is 7.89. The van der Waals surface area contributed by atoms with Gasteiger partial charge in [-0.15, -0.1) is 6.42 Å². The van der Waals surface area contributed by atoms with Gasteiger partial charge in [0.25, 0.3) is 0 Å². The summed E-state index contributed by atoms with van der Waals surface area (Å²) in [5, 5.41) is 8.79. The highest BCUT2D eigenvalue weighted by atomic mass is 32.2. The molecule has 1 aromatic carbocycles. The summed E-state index contributed by atoms with van der Waals surface area (Å²) in [5.74, 6) is 1.26. The number of hydrogen-bond acceptors (Lipinski definition) is 3. The lowest BCUT2D eigenvalue weighted by atomic mass is 9.99. The highest BCUT2D eigenvalue weighted by Gasteiger charge is 2.25. The minimum absolute atomic E-state index is 0.0473. The van der Waals surface area contributed by atoms with Gasteiger partial charge in [0.2, 0.25) is 10.0 Å². The van der Waals surface area contributed by atoms with Crippen molar-refractivity contribution in [2.24, 2.45) is 0 Å². The Morgan fingerprint density at radius 1 is 1.38 bits per heavy atom. The van der Waals surface area contributed by atoms with E-state index in [4.69, 9.17) is 11.5 Å². The topological polar surface area (TPSA) is 74.7 Å². The third kappa shape index (κ3) is 4.31. The Bertz CT molecular complexity index is 629. The van der Waals surface area contributed by atoms with Crippen LogP contribution >= 0.6 is 0 Å². The van der Waals surface area contributed by atoms with Crippen molar-refractivity contribution < 1.29 is 18.3 Å².